The van der Waals surface area contributed by atoms with Crippen LogP contribution in [-0.2, 0) is 4.79 Å². The summed E-state index contributed by atoms with van der Waals surface area (Å²) in [7, 11) is 0. The molecule has 1 atom stereocenters. The van der Waals surface area contributed by atoms with E-state index < -0.39 is 18.1 Å². The molecule has 0 aliphatic rings. The maximum atomic E-state index is 11.0. The maximum absolute atomic E-state index is 11.0. The molecule has 1 unspecified atom stereocenters. The van der Waals surface area contributed by atoms with Gasteiger partial charge in [-0.3, -0.25) is 0 Å². The number of urea groups is 1. The molecule has 15 heavy (non-hydrogen) atoms. The number of carbonyl (C=O) groups excluding carboxylic acids is 1. The lowest BCUT2D eigenvalue weighted by Gasteiger charge is -2.10. The Morgan fingerprint density at radius 1 is 1.27 bits per heavy atom. The Balaban J connectivity index is 3.53. The predicted octanol–water partition coefficient (Wildman–Crippen LogP) is -0.223. The summed E-state index contributed by atoms with van der Waals surface area (Å²) < 4.78 is 0. The largest absolute Gasteiger partial charge is 0.479 e. The molecular weight excluding hydrogens is 200 g/mol. The van der Waals surface area contributed by atoms with Crippen molar-refractivity contribution in [3.8, 4) is 0 Å². The summed E-state index contributed by atoms with van der Waals surface area (Å²) in [5.41, 5.74) is 0. The van der Waals surface area contributed by atoms with E-state index in [0.29, 0.717) is 12.5 Å². The molecule has 0 rings (SSSR count). The SMILES string of the molecule is CC(C)CCNC(=O)NCC(O)C(=O)O. The molecular formula is C9H18N2O4. The van der Waals surface area contributed by atoms with Crippen molar-refractivity contribution in [2.75, 3.05) is 13.1 Å². The Morgan fingerprint density at radius 3 is 2.33 bits per heavy atom. The molecule has 0 aromatic carbocycles. The van der Waals surface area contributed by atoms with Crippen LogP contribution in [0.15, 0.2) is 0 Å². The third-order valence-corrected chi connectivity index (χ3v) is 1.75. The van der Waals surface area contributed by atoms with Crippen LogP contribution in [-0.4, -0.2) is 41.4 Å². The number of amides is 2. The Morgan fingerprint density at radius 2 is 1.87 bits per heavy atom. The zero-order chi connectivity index (χ0) is 11.8. The smallest absolute Gasteiger partial charge is 0.334 e. The number of carboxylic acids is 1. The van der Waals surface area contributed by atoms with Crippen molar-refractivity contribution in [1.29, 1.82) is 0 Å². The van der Waals surface area contributed by atoms with Gasteiger partial charge in [0, 0.05) is 6.54 Å². The second-order valence-corrected chi connectivity index (χ2v) is 3.67. The van der Waals surface area contributed by atoms with E-state index in [1.165, 1.54) is 0 Å². The number of rotatable bonds is 6. The Kier molecular flexibility index (Phi) is 6.44. The fourth-order valence-corrected chi connectivity index (χ4v) is 0.814. The second kappa shape index (κ2) is 7.05. The minimum Gasteiger partial charge on any atom is -0.479 e. The number of nitrogens with one attached hydrogen (secondary N) is 2. The molecule has 0 radical (unpaired) electrons. The third-order valence-electron chi connectivity index (χ3n) is 1.75. The molecule has 6 heteroatoms. The molecule has 0 aromatic rings. The van der Waals surface area contributed by atoms with Crippen LogP contribution in [0, 0.1) is 5.92 Å². The number of hydrogen-bond acceptors (Lipinski definition) is 3. The summed E-state index contributed by atoms with van der Waals surface area (Å²) in [6.07, 6.45) is -0.699. The normalized spacial score (nSPS) is 12.3. The summed E-state index contributed by atoms with van der Waals surface area (Å²) >= 11 is 0. The van der Waals surface area contributed by atoms with Crippen LogP contribution in [0.4, 0.5) is 4.79 Å². The number of aliphatic hydroxyl groups excluding tert-OH is 1. The average Bonchev–Trinajstić information content (AvgIpc) is 2.13. The quantitative estimate of drug-likeness (QED) is 0.495. The molecule has 0 bridgehead atoms. The fraction of sp³-hybridized carbons (Fsp3) is 0.778. The van der Waals surface area contributed by atoms with Gasteiger partial charge in [-0.15, -0.1) is 0 Å². The molecule has 2 amide bonds. The van der Waals surface area contributed by atoms with Gasteiger partial charge in [0.25, 0.3) is 0 Å². The molecule has 6 nitrogen and oxygen atoms in total. The molecule has 4 N–H and O–H groups in total. The van der Waals surface area contributed by atoms with Crippen molar-refractivity contribution in [3.63, 3.8) is 0 Å². The van der Waals surface area contributed by atoms with Crippen molar-refractivity contribution in [2.45, 2.75) is 26.4 Å². The zero-order valence-electron chi connectivity index (χ0n) is 8.99. The number of carboxylic acid groups (broad SMARTS) is 1. The first-order chi connectivity index (χ1) is 6.93. The van der Waals surface area contributed by atoms with Crippen molar-refractivity contribution < 1.29 is 19.8 Å². The highest BCUT2D eigenvalue weighted by atomic mass is 16.4. The second-order valence-electron chi connectivity index (χ2n) is 3.67. The first kappa shape index (κ1) is 13.7. The molecule has 88 valence electrons. The van der Waals surface area contributed by atoms with E-state index >= 15 is 0 Å². The number of aliphatic hydroxyl groups is 1. The standard InChI is InChI=1S/C9H18N2O4/c1-6(2)3-4-10-9(15)11-5-7(12)8(13)14/h6-7,12H,3-5H2,1-2H3,(H,13,14)(H2,10,11,15). The van der Waals surface area contributed by atoms with E-state index in [1.807, 2.05) is 13.8 Å². The lowest BCUT2D eigenvalue weighted by atomic mass is 10.1. The monoisotopic (exact) mass is 218 g/mol. The predicted molar refractivity (Wildman–Crippen MR) is 54.5 cm³/mol. The van der Waals surface area contributed by atoms with Gasteiger partial charge in [-0.05, 0) is 12.3 Å². The van der Waals surface area contributed by atoms with E-state index in [1.54, 1.807) is 0 Å². The molecule has 0 saturated heterocycles. The Bertz CT molecular complexity index is 218. The lowest BCUT2D eigenvalue weighted by Crippen LogP contribution is -2.42. The molecule has 0 spiro atoms. The van der Waals surface area contributed by atoms with Gasteiger partial charge >= 0.3 is 12.0 Å². The number of hydrogen-bond donors (Lipinski definition) is 4. The highest BCUT2D eigenvalue weighted by Gasteiger charge is 2.13. The van der Waals surface area contributed by atoms with Crippen LogP contribution in [0.5, 0.6) is 0 Å². The van der Waals surface area contributed by atoms with Crippen LogP contribution in [0.1, 0.15) is 20.3 Å². The van der Waals surface area contributed by atoms with Crippen molar-refractivity contribution in [2.24, 2.45) is 5.92 Å². The van der Waals surface area contributed by atoms with E-state index in [0.717, 1.165) is 6.42 Å². The van der Waals surface area contributed by atoms with E-state index in [9.17, 15) is 9.59 Å². The Hall–Kier alpha value is -1.30. The van der Waals surface area contributed by atoms with Crippen molar-refractivity contribution in [1.82, 2.24) is 10.6 Å². The van der Waals surface area contributed by atoms with E-state index in [4.69, 9.17) is 10.2 Å². The molecule has 0 saturated carbocycles. The molecule has 0 aliphatic heterocycles. The molecule has 0 aromatic heterocycles. The fourth-order valence-electron chi connectivity index (χ4n) is 0.814. The summed E-state index contributed by atoms with van der Waals surface area (Å²) in [6.45, 7) is 4.32. The van der Waals surface area contributed by atoms with Crippen LogP contribution in [0.3, 0.4) is 0 Å². The molecule has 0 fully saturated rings. The van der Waals surface area contributed by atoms with Crippen LogP contribution in [0.2, 0.25) is 0 Å². The van der Waals surface area contributed by atoms with Crippen LogP contribution < -0.4 is 10.6 Å². The number of carbonyl (C=O) groups is 2. The summed E-state index contributed by atoms with van der Waals surface area (Å²) in [6, 6.07) is -0.462. The van der Waals surface area contributed by atoms with Gasteiger partial charge in [-0.2, -0.15) is 0 Å². The first-order valence-electron chi connectivity index (χ1n) is 4.86. The minimum atomic E-state index is -1.55. The van der Waals surface area contributed by atoms with Gasteiger partial charge in [0.1, 0.15) is 0 Å². The van der Waals surface area contributed by atoms with Crippen molar-refractivity contribution >= 4 is 12.0 Å². The lowest BCUT2D eigenvalue weighted by molar-refractivity contribution is -0.146. The van der Waals surface area contributed by atoms with E-state index in [2.05, 4.69) is 10.6 Å². The summed E-state index contributed by atoms with van der Waals surface area (Å²) in [5, 5.41) is 22.0. The Labute approximate surface area is 88.7 Å². The highest BCUT2D eigenvalue weighted by molar-refractivity contribution is 5.76. The summed E-state index contributed by atoms with van der Waals surface area (Å²) in [4.78, 5) is 21.2. The maximum Gasteiger partial charge on any atom is 0.334 e. The van der Waals surface area contributed by atoms with Gasteiger partial charge in [0.05, 0.1) is 6.54 Å². The molecule has 0 heterocycles. The van der Waals surface area contributed by atoms with Gasteiger partial charge in [0.15, 0.2) is 6.10 Å². The van der Waals surface area contributed by atoms with Gasteiger partial charge in [0.2, 0.25) is 0 Å². The molecule has 0 aliphatic carbocycles. The third kappa shape index (κ3) is 7.75. The van der Waals surface area contributed by atoms with Gasteiger partial charge < -0.3 is 20.8 Å². The minimum absolute atomic E-state index is 0.289. The van der Waals surface area contributed by atoms with E-state index in [-0.39, 0.29) is 6.54 Å². The van der Waals surface area contributed by atoms with Gasteiger partial charge in [-0.25, -0.2) is 9.59 Å². The van der Waals surface area contributed by atoms with Gasteiger partial charge in [-0.1, -0.05) is 13.8 Å². The first-order valence-corrected chi connectivity index (χ1v) is 4.86. The van der Waals surface area contributed by atoms with Crippen LogP contribution >= 0.6 is 0 Å². The van der Waals surface area contributed by atoms with Crippen LogP contribution in [0.25, 0.3) is 0 Å². The summed E-state index contributed by atoms with van der Waals surface area (Å²) in [5.74, 6) is -0.854. The highest BCUT2D eigenvalue weighted by Crippen LogP contribution is 1.95. The van der Waals surface area contributed by atoms with Crippen molar-refractivity contribution in [3.05, 3.63) is 0 Å². The topological polar surface area (TPSA) is 98.7 Å². The zero-order valence-corrected chi connectivity index (χ0v) is 8.99. The number of aliphatic carboxylic acids is 1. The average molecular weight is 218 g/mol.